The summed E-state index contributed by atoms with van der Waals surface area (Å²) < 4.78 is 15.5. The molecule has 0 spiro atoms. The van der Waals surface area contributed by atoms with Crippen LogP contribution in [-0.2, 0) is 4.74 Å². The number of carbonyl (C=O) groups is 1. The zero-order valence-corrected chi connectivity index (χ0v) is 10.8. The van der Waals surface area contributed by atoms with Gasteiger partial charge in [-0.25, -0.2) is 4.79 Å². The van der Waals surface area contributed by atoms with Crippen molar-refractivity contribution in [1.82, 2.24) is 0 Å². The molecule has 0 bridgehead atoms. The lowest BCUT2D eigenvalue weighted by Gasteiger charge is -2.05. The van der Waals surface area contributed by atoms with Gasteiger partial charge >= 0.3 is 5.97 Å². The fourth-order valence-corrected chi connectivity index (χ4v) is 1.69. The SMILES string of the molecule is CCOC(=O)c1cc(=O)c2ccc(OCC)cc2o1. The second-order valence-electron chi connectivity index (χ2n) is 3.79. The highest BCUT2D eigenvalue weighted by Gasteiger charge is 2.13. The van der Waals surface area contributed by atoms with Crippen LogP contribution in [0.2, 0.25) is 0 Å². The van der Waals surface area contributed by atoms with Crippen LogP contribution in [-0.4, -0.2) is 19.2 Å². The van der Waals surface area contributed by atoms with Crippen LogP contribution in [0.25, 0.3) is 11.0 Å². The van der Waals surface area contributed by atoms with Crippen LogP contribution < -0.4 is 10.2 Å². The molecule has 0 aliphatic heterocycles. The molecular weight excluding hydrogens is 248 g/mol. The lowest BCUT2D eigenvalue weighted by Crippen LogP contribution is -2.10. The van der Waals surface area contributed by atoms with Crippen LogP contribution in [0.5, 0.6) is 5.75 Å². The Balaban J connectivity index is 2.53. The van der Waals surface area contributed by atoms with E-state index in [1.807, 2.05) is 6.92 Å². The van der Waals surface area contributed by atoms with Crippen molar-refractivity contribution in [2.45, 2.75) is 13.8 Å². The van der Waals surface area contributed by atoms with Gasteiger partial charge in [0.15, 0.2) is 5.43 Å². The highest BCUT2D eigenvalue weighted by atomic mass is 16.5. The van der Waals surface area contributed by atoms with Crippen LogP contribution in [0.1, 0.15) is 24.4 Å². The van der Waals surface area contributed by atoms with Crippen molar-refractivity contribution in [1.29, 1.82) is 0 Å². The molecule has 0 amide bonds. The Morgan fingerprint density at radius 2 is 2.00 bits per heavy atom. The van der Waals surface area contributed by atoms with E-state index in [1.165, 1.54) is 0 Å². The first-order chi connectivity index (χ1) is 9.15. The Hall–Kier alpha value is -2.30. The quantitative estimate of drug-likeness (QED) is 0.791. The van der Waals surface area contributed by atoms with Gasteiger partial charge < -0.3 is 13.9 Å². The van der Waals surface area contributed by atoms with Crippen molar-refractivity contribution in [3.63, 3.8) is 0 Å². The van der Waals surface area contributed by atoms with E-state index in [9.17, 15) is 9.59 Å². The van der Waals surface area contributed by atoms with Crippen molar-refractivity contribution >= 4 is 16.9 Å². The molecule has 1 aromatic heterocycles. The average Bonchev–Trinajstić information content (AvgIpc) is 2.39. The largest absolute Gasteiger partial charge is 0.494 e. The summed E-state index contributed by atoms with van der Waals surface area (Å²) in [5.74, 6) is -0.171. The zero-order valence-electron chi connectivity index (χ0n) is 10.8. The second kappa shape index (κ2) is 5.56. The number of fused-ring (bicyclic) bond motifs is 1. The summed E-state index contributed by atoms with van der Waals surface area (Å²) in [5, 5.41) is 0.400. The van der Waals surface area contributed by atoms with Gasteiger partial charge in [-0.1, -0.05) is 0 Å². The molecule has 19 heavy (non-hydrogen) atoms. The van der Waals surface area contributed by atoms with Crippen LogP contribution in [0.4, 0.5) is 0 Å². The molecule has 0 saturated heterocycles. The van der Waals surface area contributed by atoms with Crippen LogP contribution in [0.3, 0.4) is 0 Å². The topological polar surface area (TPSA) is 65.7 Å². The lowest BCUT2D eigenvalue weighted by molar-refractivity contribution is 0.0490. The predicted octanol–water partition coefficient (Wildman–Crippen LogP) is 2.37. The monoisotopic (exact) mass is 262 g/mol. The Labute approximate surface area is 109 Å². The Morgan fingerprint density at radius 1 is 1.21 bits per heavy atom. The van der Waals surface area contributed by atoms with Crippen molar-refractivity contribution in [3.8, 4) is 5.75 Å². The first-order valence-corrected chi connectivity index (χ1v) is 6.03. The standard InChI is InChI=1S/C14H14O5/c1-3-17-9-5-6-10-11(15)8-13(14(16)18-4-2)19-12(10)7-9/h5-8H,3-4H2,1-2H3. The molecule has 2 aromatic rings. The van der Waals surface area contributed by atoms with E-state index in [0.717, 1.165) is 6.07 Å². The second-order valence-corrected chi connectivity index (χ2v) is 3.79. The van der Waals surface area contributed by atoms with Crippen molar-refractivity contribution < 1.29 is 18.7 Å². The highest BCUT2D eigenvalue weighted by molar-refractivity contribution is 5.89. The number of ether oxygens (including phenoxy) is 2. The maximum absolute atomic E-state index is 11.9. The molecular formula is C14H14O5. The van der Waals surface area contributed by atoms with Crippen LogP contribution >= 0.6 is 0 Å². The molecule has 0 atom stereocenters. The molecule has 2 rings (SSSR count). The molecule has 0 radical (unpaired) electrons. The van der Waals surface area contributed by atoms with E-state index in [4.69, 9.17) is 13.9 Å². The van der Waals surface area contributed by atoms with E-state index in [0.29, 0.717) is 23.3 Å². The summed E-state index contributed by atoms with van der Waals surface area (Å²) in [5.41, 5.74) is 0.0221. The normalized spacial score (nSPS) is 10.4. The minimum atomic E-state index is -0.650. The minimum absolute atomic E-state index is 0.104. The third-order valence-electron chi connectivity index (χ3n) is 2.49. The van der Waals surface area contributed by atoms with Gasteiger partial charge in [-0.2, -0.15) is 0 Å². The summed E-state index contributed by atoms with van der Waals surface area (Å²) >= 11 is 0. The fraction of sp³-hybridized carbons (Fsp3) is 0.286. The summed E-state index contributed by atoms with van der Waals surface area (Å²) in [6.45, 7) is 4.27. The number of hydrogen-bond donors (Lipinski definition) is 0. The summed E-state index contributed by atoms with van der Waals surface area (Å²) in [7, 11) is 0. The lowest BCUT2D eigenvalue weighted by atomic mass is 10.2. The van der Waals surface area contributed by atoms with Gasteiger partial charge in [0.2, 0.25) is 5.76 Å². The van der Waals surface area contributed by atoms with Gasteiger partial charge in [-0.3, -0.25) is 4.79 Å². The molecule has 0 unspecified atom stereocenters. The van der Waals surface area contributed by atoms with E-state index < -0.39 is 5.97 Å². The molecule has 1 heterocycles. The van der Waals surface area contributed by atoms with E-state index >= 15 is 0 Å². The van der Waals surface area contributed by atoms with Gasteiger partial charge in [-0.15, -0.1) is 0 Å². The van der Waals surface area contributed by atoms with Crippen molar-refractivity contribution in [2.75, 3.05) is 13.2 Å². The molecule has 0 fully saturated rings. The Morgan fingerprint density at radius 3 is 2.68 bits per heavy atom. The third-order valence-corrected chi connectivity index (χ3v) is 2.49. The van der Waals surface area contributed by atoms with Crippen molar-refractivity contribution in [3.05, 3.63) is 40.2 Å². The van der Waals surface area contributed by atoms with E-state index in [1.54, 1.807) is 25.1 Å². The zero-order chi connectivity index (χ0) is 13.8. The molecule has 0 N–H and O–H groups in total. The number of carbonyl (C=O) groups excluding carboxylic acids is 1. The minimum Gasteiger partial charge on any atom is -0.494 e. The number of hydrogen-bond acceptors (Lipinski definition) is 5. The molecule has 100 valence electrons. The van der Waals surface area contributed by atoms with Gasteiger partial charge in [0.05, 0.1) is 18.6 Å². The maximum atomic E-state index is 11.9. The average molecular weight is 262 g/mol. The van der Waals surface area contributed by atoms with Crippen molar-refractivity contribution in [2.24, 2.45) is 0 Å². The first-order valence-electron chi connectivity index (χ1n) is 6.03. The molecule has 0 aliphatic carbocycles. The first kappa shape index (κ1) is 13.1. The predicted molar refractivity (Wildman–Crippen MR) is 69.6 cm³/mol. The molecule has 0 saturated carbocycles. The number of rotatable bonds is 4. The van der Waals surface area contributed by atoms with Gasteiger partial charge in [-0.05, 0) is 26.0 Å². The highest BCUT2D eigenvalue weighted by Crippen LogP contribution is 2.20. The molecule has 5 nitrogen and oxygen atoms in total. The Bertz CT molecular complexity index is 656. The number of esters is 1. The van der Waals surface area contributed by atoms with Gasteiger partial charge in [0.1, 0.15) is 11.3 Å². The van der Waals surface area contributed by atoms with Crippen LogP contribution in [0.15, 0.2) is 33.5 Å². The van der Waals surface area contributed by atoms with E-state index in [2.05, 4.69) is 0 Å². The summed E-state index contributed by atoms with van der Waals surface area (Å²) in [6, 6.07) is 6.03. The molecule has 5 heteroatoms. The summed E-state index contributed by atoms with van der Waals surface area (Å²) in [6.07, 6.45) is 0. The third kappa shape index (κ3) is 2.76. The molecule has 0 aliphatic rings. The summed E-state index contributed by atoms with van der Waals surface area (Å²) in [4.78, 5) is 23.4. The smallest absolute Gasteiger partial charge is 0.374 e. The maximum Gasteiger partial charge on any atom is 0.374 e. The van der Waals surface area contributed by atoms with E-state index in [-0.39, 0.29) is 17.8 Å². The molecule has 1 aromatic carbocycles. The van der Waals surface area contributed by atoms with Crippen LogP contribution in [0, 0.1) is 0 Å². The number of benzene rings is 1. The fourth-order valence-electron chi connectivity index (χ4n) is 1.69. The van der Waals surface area contributed by atoms with Gasteiger partial charge in [0.25, 0.3) is 0 Å². The Kier molecular flexibility index (Phi) is 3.85. The van der Waals surface area contributed by atoms with Gasteiger partial charge in [0, 0.05) is 12.1 Å².